The van der Waals surface area contributed by atoms with Crippen molar-refractivity contribution in [2.75, 3.05) is 12.2 Å². The highest BCUT2D eigenvalue weighted by Gasteiger charge is 2.59. The van der Waals surface area contributed by atoms with E-state index in [9.17, 15) is 18.8 Å². The number of hydroxylamine groups is 1. The highest BCUT2D eigenvalue weighted by molar-refractivity contribution is 6.07. The second-order valence-corrected chi connectivity index (χ2v) is 9.71. The third kappa shape index (κ3) is 4.92. The molecular formula is C32H25FN2O6. The third-order valence-electron chi connectivity index (χ3n) is 7.21. The van der Waals surface area contributed by atoms with Gasteiger partial charge in [0.2, 0.25) is 5.91 Å². The van der Waals surface area contributed by atoms with Crippen LogP contribution in [0.15, 0.2) is 103 Å². The molecule has 9 heteroatoms. The van der Waals surface area contributed by atoms with Crippen LogP contribution in [-0.2, 0) is 21.0 Å². The lowest BCUT2D eigenvalue weighted by atomic mass is 9.90. The number of nitrogens with zero attached hydrogens (tertiary/aromatic N) is 2. The lowest BCUT2D eigenvalue weighted by Gasteiger charge is -2.29. The number of hydrogen-bond acceptors (Lipinski definition) is 7. The van der Waals surface area contributed by atoms with Gasteiger partial charge in [0.15, 0.2) is 17.6 Å². The number of esters is 1. The highest BCUT2D eigenvalue weighted by atomic mass is 19.1. The Kier molecular flexibility index (Phi) is 6.94. The van der Waals surface area contributed by atoms with E-state index in [1.165, 1.54) is 36.3 Å². The van der Waals surface area contributed by atoms with E-state index in [1.54, 1.807) is 23.3 Å². The minimum atomic E-state index is -1.00. The Hall–Kier alpha value is -5.02. The molecule has 4 aromatic rings. The summed E-state index contributed by atoms with van der Waals surface area (Å²) in [5.74, 6) is -2.31. The van der Waals surface area contributed by atoms with Crippen molar-refractivity contribution >= 4 is 23.5 Å². The quantitative estimate of drug-likeness (QED) is 0.179. The first-order valence-electron chi connectivity index (χ1n) is 13.0. The van der Waals surface area contributed by atoms with E-state index in [0.29, 0.717) is 11.3 Å². The first kappa shape index (κ1) is 26.2. The summed E-state index contributed by atoms with van der Waals surface area (Å²) in [5, 5.41) is 1.59. The van der Waals surface area contributed by atoms with E-state index in [2.05, 4.69) is 0 Å². The van der Waals surface area contributed by atoms with E-state index in [4.69, 9.17) is 14.3 Å². The molecule has 8 nitrogen and oxygen atoms in total. The van der Waals surface area contributed by atoms with Crippen LogP contribution in [0.25, 0.3) is 0 Å². The number of halogens is 1. The van der Waals surface area contributed by atoms with Gasteiger partial charge in [-0.15, -0.1) is 0 Å². The monoisotopic (exact) mass is 552 g/mol. The average molecular weight is 553 g/mol. The lowest BCUT2D eigenvalue weighted by molar-refractivity contribution is -0.143. The SMILES string of the molecule is COc1cc(C2C3C(=O)N(Cc4ccccc4)C(=O)C3ON2c2ccccc2)ccc1OC(=O)c1ccc(F)cc1. The number of fused-ring (bicyclic) bond motifs is 1. The molecule has 2 amide bonds. The van der Waals surface area contributed by atoms with Crippen molar-refractivity contribution in [1.82, 2.24) is 4.90 Å². The molecule has 6 rings (SSSR count). The van der Waals surface area contributed by atoms with Gasteiger partial charge in [0.1, 0.15) is 11.7 Å². The number of rotatable bonds is 7. The van der Waals surface area contributed by atoms with Gasteiger partial charge in [-0.25, -0.2) is 14.2 Å². The molecule has 0 aliphatic carbocycles. The fraction of sp³-hybridized carbons (Fsp3) is 0.156. The normalized spacial score (nSPS) is 19.8. The van der Waals surface area contributed by atoms with Crippen LogP contribution in [0.1, 0.15) is 27.5 Å². The Morgan fingerprint density at radius 1 is 0.854 bits per heavy atom. The Bertz CT molecular complexity index is 1600. The van der Waals surface area contributed by atoms with Gasteiger partial charge < -0.3 is 9.47 Å². The van der Waals surface area contributed by atoms with E-state index >= 15 is 0 Å². The number of ether oxygens (including phenoxy) is 2. The molecule has 2 heterocycles. The number of hydrogen-bond donors (Lipinski definition) is 0. The van der Waals surface area contributed by atoms with Crippen LogP contribution in [0.5, 0.6) is 11.5 Å². The number of para-hydroxylation sites is 1. The Morgan fingerprint density at radius 3 is 2.22 bits per heavy atom. The first-order chi connectivity index (χ1) is 19.9. The zero-order valence-electron chi connectivity index (χ0n) is 22.0. The molecule has 206 valence electrons. The summed E-state index contributed by atoms with van der Waals surface area (Å²) >= 11 is 0. The van der Waals surface area contributed by atoms with Gasteiger partial charge in [-0.3, -0.25) is 19.3 Å². The Balaban J connectivity index is 1.34. The van der Waals surface area contributed by atoms with Gasteiger partial charge in [-0.1, -0.05) is 54.6 Å². The van der Waals surface area contributed by atoms with E-state index in [1.807, 2.05) is 60.7 Å². The van der Waals surface area contributed by atoms with Crippen molar-refractivity contribution in [3.63, 3.8) is 0 Å². The predicted molar refractivity (Wildman–Crippen MR) is 146 cm³/mol. The molecule has 0 bridgehead atoms. The third-order valence-corrected chi connectivity index (χ3v) is 7.21. The average Bonchev–Trinajstić information content (AvgIpc) is 3.50. The fourth-order valence-corrected chi connectivity index (χ4v) is 5.23. The summed E-state index contributed by atoms with van der Waals surface area (Å²) in [6.07, 6.45) is -1.00. The van der Waals surface area contributed by atoms with Crippen LogP contribution in [0.3, 0.4) is 0 Å². The van der Waals surface area contributed by atoms with Crippen LogP contribution in [0, 0.1) is 11.7 Å². The van der Waals surface area contributed by atoms with Crippen LogP contribution < -0.4 is 14.5 Å². The summed E-state index contributed by atoms with van der Waals surface area (Å²) in [6.45, 7) is 0.147. The number of imide groups is 1. The number of carbonyl (C=O) groups is 3. The number of anilines is 1. The van der Waals surface area contributed by atoms with Crippen molar-refractivity contribution in [3.05, 3.63) is 126 Å². The summed E-state index contributed by atoms with van der Waals surface area (Å²) in [5.41, 5.74) is 2.31. The molecule has 41 heavy (non-hydrogen) atoms. The van der Waals surface area contributed by atoms with Crippen molar-refractivity contribution in [2.24, 2.45) is 5.92 Å². The van der Waals surface area contributed by atoms with Gasteiger partial charge in [-0.2, -0.15) is 0 Å². The molecule has 2 fully saturated rings. The first-order valence-corrected chi connectivity index (χ1v) is 13.0. The molecule has 0 aromatic heterocycles. The standard InChI is InChI=1S/C32H25FN2O6/c1-39-26-18-22(14-17-25(26)40-32(38)21-12-15-23(33)16-13-21)28-27-29(41-35(28)24-10-6-3-7-11-24)31(37)34(30(27)36)19-20-8-4-2-5-9-20/h2-18,27-29H,19H2,1H3. The smallest absolute Gasteiger partial charge is 0.343 e. The van der Waals surface area contributed by atoms with Gasteiger partial charge in [0.05, 0.1) is 30.9 Å². The number of likely N-dealkylation sites (tertiary alicyclic amines) is 1. The van der Waals surface area contributed by atoms with Crippen molar-refractivity contribution in [1.29, 1.82) is 0 Å². The van der Waals surface area contributed by atoms with E-state index < -0.39 is 35.8 Å². The van der Waals surface area contributed by atoms with Gasteiger partial charge in [0, 0.05) is 0 Å². The van der Waals surface area contributed by atoms with Gasteiger partial charge in [0.25, 0.3) is 5.91 Å². The van der Waals surface area contributed by atoms with Crippen molar-refractivity contribution in [3.8, 4) is 11.5 Å². The second kappa shape index (κ2) is 10.9. The largest absolute Gasteiger partial charge is 0.493 e. The Labute approximate surface area is 235 Å². The molecule has 3 unspecified atom stereocenters. The second-order valence-electron chi connectivity index (χ2n) is 9.71. The van der Waals surface area contributed by atoms with Crippen molar-refractivity contribution in [2.45, 2.75) is 18.7 Å². The predicted octanol–water partition coefficient (Wildman–Crippen LogP) is 5.10. The summed E-state index contributed by atoms with van der Waals surface area (Å²) in [6, 6.07) is 27.8. The van der Waals surface area contributed by atoms with Crippen LogP contribution in [0.4, 0.5) is 10.1 Å². The van der Waals surface area contributed by atoms with Gasteiger partial charge in [-0.05, 0) is 59.7 Å². The molecule has 2 aliphatic heterocycles. The topological polar surface area (TPSA) is 85.4 Å². The lowest BCUT2D eigenvalue weighted by Crippen LogP contribution is -2.36. The summed E-state index contributed by atoms with van der Waals surface area (Å²) in [4.78, 5) is 47.3. The zero-order valence-corrected chi connectivity index (χ0v) is 22.0. The maximum Gasteiger partial charge on any atom is 0.343 e. The molecule has 4 aromatic carbocycles. The maximum atomic E-state index is 13.8. The fourth-order valence-electron chi connectivity index (χ4n) is 5.23. The summed E-state index contributed by atoms with van der Waals surface area (Å²) in [7, 11) is 1.43. The molecule has 2 aliphatic rings. The molecule has 2 saturated heterocycles. The van der Waals surface area contributed by atoms with E-state index in [0.717, 1.165) is 5.56 Å². The minimum Gasteiger partial charge on any atom is -0.493 e. The molecular weight excluding hydrogens is 527 g/mol. The number of carbonyl (C=O) groups excluding carboxylic acids is 3. The van der Waals surface area contributed by atoms with Crippen molar-refractivity contribution < 1.29 is 33.1 Å². The molecule has 0 spiro atoms. The van der Waals surface area contributed by atoms with Crippen LogP contribution in [-0.4, -0.2) is 35.9 Å². The Morgan fingerprint density at radius 2 is 1.54 bits per heavy atom. The molecule has 0 radical (unpaired) electrons. The van der Waals surface area contributed by atoms with E-state index in [-0.39, 0.29) is 29.5 Å². The zero-order chi connectivity index (χ0) is 28.5. The number of methoxy groups -OCH3 is 1. The molecule has 3 atom stereocenters. The molecule has 0 N–H and O–H groups in total. The summed E-state index contributed by atoms with van der Waals surface area (Å²) < 4.78 is 24.4. The van der Waals surface area contributed by atoms with Crippen LogP contribution >= 0.6 is 0 Å². The number of benzene rings is 4. The minimum absolute atomic E-state index is 0.145. The maximum absolute atomic E-state index is 13.8. The van der Waals surface area contributed by atoms with Crippen LogP contribution in [0.2, 0.25) is 0 Å². The molecule has 0 saturated carbocycles. The highest BCUT2D eigenvalue weighted by Crippen LogP contribution is 2.48. The number of amides is 2. The van der Waals surface area contributed by atoms with Gasteiger partial charge >= 0.3 is 5.97 Å².